The second kappa shape index (κ2) is 6.56. The van der Waals surface area contributed by atoms with Crippen LogP contribution in [0.3, 0.4) is 0 Å². The van der Waals surface area contributed by atoms with Crippen LogP contribution in [0.5, 0.6) is 5.75 Å². The minimum Gasteiger partial charge on any atom is -0.493 e. The summed E-state index contributed by atoms with van der Waals surface area (Å²) in [6.07, 6.45) is 7.32. The monoisotopic (exact) mass is 282 g/mol. The van der Waals surface area contributed by atoms with Crippen molar-refractivity contribution in [2.75, 3.05) is 14.2 Å². The first kappa shape index (κ1) is 15.3. The average molecular weight is 282 g/mol. The van der Waals surface area contributed by atoms with Gasteiger partial charge in [-0.3, -0.25) is 10.5 Å². The molecule has 6 heteroatoms. The molecular weight excluding hydrogens is 256 g/mol. The van der Waals surface area contributed by atoms with Crippen LogP contribution in [-0.4, -0.2) is 29.6 Å². The number of rotatable bonds is 6. The van der Waals surface area contributed by atoms with Crippen molar-refractivity contribution in [3.63, 3.8) is 0 Å². The van der Waals surface area contributed by atoms with E-state index >= 15 is 0 Å². The third-order valence-corrected chi connectivity index (χ3v) is 4.44. The van der Waals surface area contributed by atoms with Gasteiger partial charge in [-0.2, -0.15) is 5.10 Å². The van der Waals surface area contributed by atoms with E-state index in [4.69, 9.17) is 15.3 Å². The van der Waals surface area contributed by atoms with Gasteiger partial charge in [0.15, 0.2) is 5.75 Å². The lowest BCUT2D eigenvalue weighted by molar-refractivity contribution is -0.0711. The van der Waals surface area contributed by atoms with Crippen molar-refractivity contribution in [3.05, 3.63) is 11.9 Å². The molecule has 1 atom stereocenters. The highest BCUT2D eigenvalue weighted by molar-refractivity contribution is 5.31. The van der Waals surface area contributed by atoms with Gasteiger partial charge in [0.2, 0.25) is 0 Å². The normalized spacial score (nSPS) is 19.8. The third-order valence-electron chi connectivity index (χ3n) is 4.44. The number of aromatic nitrogens is 2. The molecule has 1 aromatic rings. The summed E-state index contributed by atoms with van der Waals surface area (Å²) in [6, 6.07) is -0.120. The zero-order valence-electron chi connectivity index (χ0n) is 12.7. The molecule has 6 nitrogen and oxygen atoms in total. The van der Waals surface area contributed by atoms with E-state index in [9.17, 15) is 0 Å². The van der Waals surface area contributed by atoms with E-state index in [0.29, 0.717) is 0 Å². The van der Waals surface area contributed by atoms with Crippen LogP contribution in [-0.2, 0) is 11.3 Å². The van der Waals surface area contributed by atoms with Crippen LogP contribution in [0.4, 0.5) is 0 Å². The number of nitrogens with zero attached hydrogens (tertiary/aromatic N) is 2. The van der Waals surface area contributed by atoms with Crippen molar-refractivity contribution in [1.82, 2.24) is 15.2 Å². The van der Waals surface area contributed by atoms with Crippen LogP contribution in [0.1, 0.15) is 50.8 Å². The fraction of sp³-hybridized carbons (Fsp3) is 0.786. The van der Waals surface area contributed by atoms with Crippen molar-refractivity contribution in [2.45, 2.75) is 57.2 Å². The first-order valence-electron chi connectivity index (χ1n) is 7.33. The molecule has 0 aliphatic heterocycles. The van der Waals surface area contributed by atoms with E-state index in [2.05, 4.69) is 17.4 Å². The SMILES string of the molecule is CCn1ncc(OC)c1C(NN)C1(OC)CCCCC1. The summed E-state index contributed by atoms with van der Waals surface area (Å²) in [5.41, 5.74) is 3.64. The lowest BCUT2D eigenvalue weighted by Gasteiger charge is -2.42. The van der Waals surface area contributed by atoms with Gasteiger partial charge >= 0.3 is 0 Å². The molecule has 0 saturated heterocycles. The lowest BCUT2D eigenvalue weighted by Crippen LogP contribution is -2.50. The molecular formula is C14H26N4O2. The van der Waals surface area contributed by atoms with Crippen molar-refractivity contribution in [1.29, 1.82) is 0 Å². The van der Waals surface area contributed by atoms with Crippen LogP contribution >= 0.6 is 0 Å². The number of nitrogens with two attached hydrogens (primary N) is 1. The Morgan fingerprint density at radius 2 is 2.10 bits per heavy atom. The Labute approximate surface area is 120 Å². The van der Waals surface area contributed by atoms with E-state index in [0.717, 1.165) is 43.7 Å². The Hall–Kier alpha value is -1.11. The minimum atomic E-state index is -0.284. The van der Waals surface area contributed by atoms with E-state index < -0.39 is 0 Å². The molecule has 114 valence electrons. The van der Waals surface area contributed by atoms with Gasteiger partial charge in [0.1, 0.15) is 5.69 Å². The molecule has 1 unspecified atom stereocenters. The van der Waals surface area contributed by atoms with E-state index in [1.54, 1.807) is 20.4 Å². The molecule has 3 N–H and O–H groups in total. The maximum atomic E-state index is 5.92. The smallest absolute Gasteiger partial charge is 0.161 e. The Bertz CT molecular complexity index is 405. The van der Waals surface area contributed by atoms with E-state index in [-0.39, 0.29) is 11.6 Å². The number of hydrogen-bond donors (Lipinski definition) is 2. The number of methoxy groups -OCH3 is 2. The predicted octanol–water partition coefficient (Wildman–Crippen LogP) is 1.77. The lowest BCUT2D eigenvalue weighted by atomic mass is 9.78. The fourth-order valence-corrected chi connectivity index (χ4v) is 3.32. The van der Waals surface area contributed by atoms with Gasteiger partial charge in [0.25, 0.3) is 0 Å². The Kier molecular flexibility index (Phi) is 5.01. The quantitative estimate of drug-likeness (QED) is 0.614. The van der Waals surface area contributed by atoms with Gasteiger partial charge in [-0.05, 0) is 19.8 Å². The Morgan fingerprint density at radius 1 is 1.40 bits per heavy atom. The highest BCUT2D eigenvalue weighted by Crippen LogP contribution is 2.43. The van der Waals surface area contributed by atoms with Crippen LogP contribution in [0.15, 0.2) is 6.20 Å². The molecule has 1 saturated carbocycles. The van der Waals surface area contributed by atoms with Crippen LogP contribution in [0, 0.1) is 0 Å². The van der Waals surface area contributed by atoms with Crippen LogP contribution in [0.2, 0.25) is 0 Å². The molecule has 1 fully saturated rings. The number of aryl methyl sites for hydroxylation is 1. The van der Waals surface area contributed by atoms with Gasteiger partial charge in [-0.25, -0.2) is 5.43 Å². The molecule has 0 aromatic carbocycles. The van der Waals surface area contributed by atoms with Crippen LogP contribution in [0.25, 0.3) is 0 Å². The van der Waals surface area contributed by atoms with Crippen molar-refractivity contribution < 1.29 is 9.47 Å². The summed E-state index contributed by atoms with van der Waals surface area (Å²) in [4.78, 5) is 0. The summed E-state index contributed by atoms with van der Waals surface area (Å²) in [7, 11) is 3.43. The van der Waals surface area contributed by atoms with Crippen molar-refractivity contribution in [2.24, 2.45) is 5.84 Å². The number of hydrogen-bond acceptors (Lipinski definition) is 5. The van der Waals surface area contributed by atoms with Crippen molar-refractivity contribution in [3.8, 4) is 5.75 Å². The molecule has 0 amide bonds. The van der Waals surface area contributed by atoms with Crippen molar-refractivity contribution >= 4 is 0 Å². The summed E-state index contributed by atoms with van der Waals surface area (Å²) in [5.74, 6) is 6.64. The maximum absolute atomic E-state index is 5.92. The second-order valence-corrected chi connectivity index (χ2v) is 5.34. The largest absolute Gasteiger partial charge is 0.493 e. The molecule has 1 heterocycles. The first-order valence-corrected chi connectivity index (χ1v) is 7.33. The zero-order valence-corrected chi connectivity index (χ0v) is 12.7. The fourth-order valence-electron chi connectivity index (χ4n) is 3.32. The first-order chi connectivity index (χ1) is 9.72. The Balaban J connectivity index is 2.42. The van der Waals surface area contributed by atoms with Crippen LogP contribution < -0.4 is 16.0 Å². The number of ether oxygens (including phenoxy) is 2. The predicted molar refractivity (Wildman–Crippen MR) is 77.3 cm³/mol. The van der Waals surface area contributed by atoms with E-state index in [1.807, 2.05) is 4.68 Å². The molecule has 1 aliphatic rings. The average Bonchev–Trinajstić information content (AvgIpc) is 2.91. The number of nitrogens with one attached hydrogen (secondary N) is 1. The van der Waals surface area contributed by atoms with Gasteiger partial charge in [-0.15, -0.1) is 0 Å². The molecule has 2 rings (SSSR count). The van der Waals surface area contributed by atoms with Gasteiger partial charge in [0.05, 0.1) is 24.9 Å². The second-order valence-electron chi connectivity index (χ2n) is 5.34. The number of hydrazine groups is 1. The molecule has 1 aliphatic carbocycles. The highest BCUT2D eigenvalue weighted by atomic mass is 16.5. The van der Waals surface area contributed by atoms with Gasteiger partial charge in [0, 0.05) is 13.7 Å². The Morgan fingerprint density at radius 3 is 2.60 bits per heavy atom. The van der Waals surface area contributed by atoms with Gasteiger partial charge in [-0.1, -0.05) is 19.3 Å². The third kappa shape index (κ3) is 2.55. The minimum absolute atomic E-state index is 0.120. The summed E-state index contributed by atoms with van der Waals surface area (Å²) in [5, 5.41) is 4.38. The molecule has 0 spiro atoms. The summed E-state index contributed by atoms with van der Waals surface area (Å²) < 4.78 is 13.3. The van der Waals surface area contributed by atoms with E-state index in [1.165, 1.54) is 6.42 Å². The summed E-state index contributed by atoms with van der Waals surface area (Å²) in [6.45, 7) is 2.83. The molecule has 1 aromatic heterocycles. The topological polar surface area (TPSA) is 74.3 Å². The standard InChI is InChI=1S/C14H26N4O2/c1-4-18-12(11(19-2)10-16-18)13(17-15)14(20-3)8-6-5-7-9-14/h10,13,17H,4-9,15H2,1-3H3. The molecule has 0 radical (unpaired) electrons. The van der Waals surface area contributed by atoms with Gasteiger partial charge < -0.3 is 9.47 Å². The molecule has 20 heavy (non-hydrogen) atoms. The maximum Gasteiger partial charge on any atom is 0.161 e. The molecule has 0 bridgehead atoms. The summed E-state index contributed by atoms with van der Waals surface area (Å²) >= 11 is 0. The highest BCUT2D eigenvalue weighted by Gasteiger charge is 2.43. The zero-order chi connectivity index (χ0) is 14.6.